The van der Waals surface area contributed by atoms with Gasteiger partial charge in [-0.25, -0.2) is 18.5 Å². The smallest absolute Gasteiger partial charge is 0.387 e. The Hall–Kier alpha value is -2.28. The first-order chi connectivity index (χ1) is 15.7. The molecule has 0 spiro atoms. The van der Waals surface area contributed by atoms with Gasteiger partial charge < -0.3 is 15.2 Å². The van der Waals surface area contributed by atoms with Crippen LogP contribution in [0.1, 0.15) is 69.1 Å². The summed E-state index contributed by atoms with van der Waals surface area (Å²) >= 11 is 0. The van der Waals surface area contributed by atoms with Gasteiger partial charge in [0.25, 0.3) is 0 Å². The minimum absolute atomic E-state index is 0. The molecule has 1 fully saturated rings. The number of halogens is 3. The fourth-order valence-corrected chi connectivity index (χ4v) is 4.56. The number of carbonyl (C=O) groups is 1. The zero-order valence-corrected chi connectivity index (χ0v) is 21.6. The lowest BCUT2D eigenvalue weighted by molar-refractivity contribution is -0.0499. The Kier molecular flexibility index (Phi) is 8.91. The predicted molar refractivity (Wildman–Crippen MR) is 133 cm³/mol. The van der Waals surface area contributed by atoms with Gasteiger partial charge in [0.1, 0.15) is 21.5 Å². The highest BCUT2D eigenvalue weighted by atomic mass is 32.2. The fraction of sp³-hybridized carbons (Fsp3) is 0.435. The molecule has 7 nitrogen and oxygen atoms in total. The molecule has 0 saturated heterocycles. The number of benzene rings is 2. The zero-order chi connectivity index (χ0) is 25.4. The third kappa shape index (κ3) is 7.12. The van der Waals surface area contributed by atoms with E-state index in [1.165, 1.54) is 32.0 Å². The normalized spacial score (nSPS) is 15.4. The van der Waals surface area contributed by atoms with E-state index in [4.69, 9.17) is 5.14 Å². The number of nitrogens with one attached hydrogen (secondary N) is 1. The summed E-state index contributed by atoms with van der Waals surface area (Å²) in [5.41, 5.74) is 0.397. The van der Waals surface area contributed by atoms with Gasteiger partial charge in [-0.1, -0.05) is 19.9 Å². The van der Waals surface area contributed by atoms with Crippen molar-refractivity contribution in [3.8, 4) is 5.75 Å². The Labute approximate surface area is 210 Å². The molecular weight excluding hydrogens is 503 g/mol. The minimum Gasteiger partial charge on any atom is -0.435 e. The number of anilines is 1. The summed E-state index contributed by atoms with van der Waals surface area (Å²) in [5.74, 6) is -1.13. The summed E-state index contributed by atoms with van der Waals surface area (Å²) in [6, 6.07) is 5.24. The molecule has 1 unspecified atom stereocenters. The van der Waals surface area contributed by atoms with Gasteiger partial charge in [-0.05, 0) is 79.5 Å². The molecule has 2 amide bonds. The second-order valence-electron chi connectivity index (χ2n) is 9.08. The minimum atomic E-state index is -3.96. The van der Waals surface area contributed by atoms with E-state index < -0.39 is 38.9 Å². The number of ether oxygens (including phenoxy) is 1. The molecule has 3 rings (SSSR count). The van der Waals surface area contributed by atoms with Crippen molar-refractivity contribution in [2.75, 3.05) is 5.32 Å². The Bertz CT molecular complexity index is 1200. The first-order valence-corrected chi connectivity index (χ1v) is 12.3. The van der Waals surface area contributed by atoms with Crippen LogP contribution in [0.2, 0.25) is 0 Å². The molecule has 0 heterocycles. The van der Waals surface area contributed by atoms with E-state index in [0.717, 1.165) is 25.0 Å². The molecule has 1 aliphatic rings. The van der Waals surface area contributed by atoms with E-state index in [0.29, 0.717) is 16.8 Å². The largest absolute Gasteiger partial charge is 0.435 e. The molecule has 194 valence electrons. The molecule has 2 aromatic rings. The van der Waals surface area contributed by atoms with Gasteiger partial charge >= 0.3 is 12.6 Å². The van der Waals surface area contributed by atoms with E-state index in [1.54, 1.807) is 0 Å². The van der Waals surface area contributed by atoms with Gasteiger partial charge in [0.15, 0.2) is 0 Å². The van der Waals surface area contributed by atoms with E-state index in [2.05, 4.69) is 14.4 Å². The lowest BCUT2D eigenvalue weighted by Gasteiger charge is -2.20. The highest BCUT2D eigenvalue weighted by molar-refractivity contribution is 7.91. The van der Waals surface area contributed by atoms with Crippen LogP contribution in [0.15, 0.2) is 39.6 Å². The molecule has 2 aromatic carbocycles. The molecule has 0 radical (unpaired) electrons. The van der Waals surface area contributed by atoms with Crippen LogP contribution < -0.4 is 15.2 Å². The summed E-state index contributed by atoms with van der Waals surface area (Å²) < 4.78 is 61.2. The van der Waals surface area contributed by atoms with Crippen LogP contribution in [0.25, 0.3) is 0 Å². The second kappa shape index (κ2) is 10.8. The average molecular weight is 534 g/mol. The monoisotopic (exact) mass is 533 g/mol. The zero-order valence-electron chi connectivity index (χ0n) is 19.8. The summed E-state index contributed by atoms with van der Waals surface area (Å²) in [6.45, 7) is 3.55. The average Bonchev–Trinajstić information content (AvgIpc) is 3.51. The molecule has 0 aromatic heterocycles. The Morgan fingerprint density at radius 2 is 1.89 bits per heavy atom. The summed E-state index contributed by atoms with van der Waals surface area (Å²) in [5, 5.41) is 18.3. The highest BCUT2D eigenvalue weighted by Crippen LogP contribution is 2.47. The molecule has 1 atom stereocenters. The predicted octanol–water partition coefficient (Wildman–Crippen LogP) is 5.70. The number of hydrogen-bond donors (Lipinski definition) is 3. The van der Waals surface area contributed by atoms with Crippen LogP contribution >= 0.6 is 13.5 Å². The first kappa shape index (κ1) is 29.0. The van der Waals surface area contributed by atoms with Crippen molar-refractivity contribution in [3.05, 3.63) is 52.8 Å². The molecule has 1 aliphatic carbocycles. The number of urea groups is 1. The summed E-state index contributed by atoms with van der Waals surface area (Å²) in [7, 11) is -3.96. The Morgan fingerprint density at radius 1 is 1.26 bits per heavy atom. The van der Waals surface area contributed by atoms with E-state index in [9.17, 15) is 27.3 Å². The number of alkyl halides is 2. The van der Waals surface area contributed by atoms with Crippen molar-refractivity contribution in [1.82, 2.24) is 0 Å². The number of hydrogen-bond acceptors (Lipinski definition) is 4. The quantitative estimate of drug-likeness (QED) is 0.424. The lowest BCUT2D eigenvalue weighted by atomic mass is 9.95. The number of carbonyl (C=O) groups excluding carboxylic acids is 1. The van der Waals surface area contributed by atoms with Gasteiger partial charge in [-0.3, -0.25) is 0 Å². The van der Waals surface area contributed by atoms with E-state index >= 15 is 0 Å². The van der Waals surface area contributed by atoms with Gasteiger partial charge in [-0.2, -0.15) is 22.3 Å². The lowest BCUT2D eigenvalue weighted by Crippen LogP contribution is -2.21. The molecular formula is C23H30F3N3O4S2. The van der Waals surface area contributed by atoms with Crippen molar-refractivity contribution in [3.63, 3.8) is 0 Å². The maximum Gasteiger partial charge on any atom is 0.387 e. The van der Waals surface area contributed by atoms with E-state index in [-0.39, 0.29) is 36.6 Å². The van der Waals surface area contributed by atoms with Crippen molar-refractivity contribution in [1.29, 1.82) is 0 Å². The molecule has 1 saturated carbocycles. The topological polar surface area (TPSA) is 114 Å². The van der Waals surface area contributed by atoms with Gasteiger partial charge in [0, 0.05) is 5.69 Å². The number of nitrogens with two attached hydrogens (primary N) is 1. The van der Waals surface area contributed by atoms with Crippen molar-refractivity contribution in [2.24, 2.45) is 9.50 Å². The standard InChI is InChI=1S/C23H28F3N3O4S.H2S/c1-12(2)16-10-15(33-21(25)26)11-17(13-5-6-13)20(16)28-22(30)29-34(27,32)19-8-7-14(9-18(19)24)23(3,4)31;/h7-13,21,31H,5-6H2,1-4H3,(H3,27,28,29,30,32);1H2. The Morgan fingerprint density at radius 3 is 2.37 bits per heavy atom. The molecule has 35 heavy (non-hydrogen) atoms. The fourth-order valence-electron chi connectivity index (χ4n) is 3.57. The molecule has 4 N–H and O–H groups in total. The van der Waals surface area contributed by atoms with Crippen molar-refractivity contribution >= 4 is 35.1 Å². The molecule has 0 aliphatic heterocycles. The van der Waals surface area contributed by atoms with Crippen LogP contribution in [0.3, 0.4) is 0 Å². The number of rotatable bonds is 7. The second-order valence-corrected chi connectivity index (χ2v) is 10.8. The van der Waals surface area contributed by atoms with Crippen LogP contribution in [0.5, 0.6) is 5.75 Å². The number of nitrogens with zero attached hydrogens (tertiary/aromatic N) is 1. The van der Waals surface area contributed by atoms with Crippen LogP contribution in [-0.4, -0.2) is 22.0 Å². The maximum absolute atomic E-state index is 14.6. The van der Waals surface area contributed by atoms with Crippen LogP contribution in [0, 0.1) is 5.82 Å². The van der Waals surface area contributed by atoms with E-state index in [1.807, 2.05) is 13.8 Å². The summed E-state index contributed by atoms with van der Waals surface area (Å²) in [6.07, 6.45) is 1.62. The van der Waals surface area contributed by atoms with Gasteiger partial charge in [0.05, 0.1) is 10.5 Å². The van der Waals surface area contributed by atoms with Gasteiger partial charge in [-0.15, -0.1) is 4.36 Å². The SMILES string of the molecule is CC(C)c1cc(OC(F)F)cc(C2CC2)c1NC(=O)N=S(N)(=O)c1ccc(C(C)(C)O)cc1F.S. The maximum atomic E-state index is 14.6. The number of aliphatic hydroxyl groups is 1. The van der Waals surface area contributed by atoms with Crippen molar-refractivity contribution < 1.29 is 32.0 Å². The highest BCUT2D eigenvalue weighted by Gasteiger charge is 2.30. The summed E-state index contributed by atoms with van der Waals surface area (Å²) in [4.78, 5) is 12.2. The van der Waals surface area contributed by atoms with Crippen molar-refractivity contribution in [2.45, 2.75) is 69.5 Å². The van der Waals surface area contributed by atoms with Gasteiger partial charge in [0.2, 0.25) is 0 Å². The third-order valence-electron chi connectivity index (χ3n) is 5.44. The van der Waals surface area contributed by atoms with Crippen LogP contribution in [0.4, 0.5) is 23.7 Å². The Balaban J connectivity index is 0.00000432. The molecule has 0 bridgehead atoms. The first-order valence-electron chi connectivity index (χ1n) is 10.7. The van der Waals surface area contributed by atoms with Crippen LogP contribution in [-0.2, 0) is 15.5 Å². The third-order valence-corrected chi connectivity index (χ3v) is 6.84. The molecule has 12 heteroatoms. The number of amides is 2.